The third kappa shape index (κ3) is 7.79. The molecule has 1 unspecified atom stereocenters. The Morgan fingerprint density at radius 2 is 1.74 bits per heavy atom. The van der Waals surface area contributed by atoms with Crippen LogP contribution >= 0.6 is 0 Å². The van der Waals surface area contributed by atoms with E-state index < -0.39 is 23.5 Å². The van der Waals surface area contributed by atoms with E-state index in [1.54, 1.807) is 27.7 Å². The van der Waals surface area contributed by atoms with E-state index in [9.17, 15) is 9.59 Å². The highest BCUT2D eigenvalue weighted by atomic mass is 16.6. The molecule has 0 radical (unpaired) electrons. The summed E-state index contributed by atoms with van der Waals surface area (Å²) in [5.74, 6) is -2.09. The molecule has 0 aliphatic rings. The van der Waals surface area contributed by atoms with Crippen molar-refractivity contribution in [1.82, 2.24) is 0 Å². The van der Waals surface area contributed by atoms with Crippen molar-refractivity contribution in [1.29, 1.82) is 0 Å². The van der Waals surface area contributed by atoms with Crippen molar-refractivity contribution in [2.45, 2.75) is 46.3 Å². The molecule has 0 spiro atoms. The smallest absolute Gasteiger partial charge is 0.320 e. The van der Waals surface area contributed by atoms with Gasteiger partial charge >= 0.3 is 11.9 Å². The summed E-state index contributed by atoms with van der Waals surface area (Å²) in [7, 11) is 0. The molecule has 0 aliphatic heterocycles. The van der Waals surface area contributed by atoms with E-state index in [1.807, 2.05) is 30.3 Å². The molecule has 5 nitrogen and oxygen atoms in total. The van der Waals surface area contributed by atoms with E-state index in [2.05, 4.69) is 0 Å². The summed E-state index contributed by atoms with van der Waals surface area (Å²) in [5.41, 5.74) is 0.393. The molecule has 0 saturated carbocycles. The van der Waals surface area contributed by atoms with Crippen LogP contribution in [0.4, 0.5) is 0 Å². The number of rotatable bonds is 8. The zero-order chi connectivity index (χ0) is 17.3. The van der Waals surface area contributed by atoms with Gasteiger partial charge in [0.1, 0.15) is 5.60 Å². The number of carbonyl (C=O) groups is 2. The SMILES string of the molecule is CCOC(=O)C(CCOCc1ccccc1)C(=O)OC(C)(C)C. The summed E-state index contributed by atoms with van der Waals surface area (Å²) in [4.78, 5) is 24.1. The second-order valence-electron chi connectivity index (χ2n) is 6.16. The van der Waals surface area contributed by atoms with Crippen LogP contribution in [0.25, 0.3) is 0 Å². The van der Waals surface area contributed by atoms with Crippen LogP contribution in [0.5, 0.6) is 0 Å². The zero-order valence-electron chi connectivity index (χ0n) is 14.3. The number of ether oxygens (including phenoxy) is 3. The number of hydrogen-bond donors (Lipinski definition) is 0. The van der Waals surface area contributed by atoms with E-state index in [0.717, 1.165) is 5.56 Å². The lowest BCUT2D eigenvalue weighted by Gasteiger charge is -2.23. The lowest BCUT2D eigenvalue weighted by atomic mass is 10.1. The van der Waals surface area contributed by atoms with Crippen LogP contribution in [0.15, 0.2) is 30.3 Å². The highest BCUT2D eigenvalue weighted by Crippen LogP contribution is 2.16. The number of benzene rings is 1. The van der Waals surface area contributed by atoms with Gasteiger partial charge in [0.15, 0.2) is 5.92 Å². The Morgan fingerprint density at radius 3 is 2.30 bits per heavy atom. The van der Waals surface area contributed by atoms with Gasteiger partial charge in [0, 0.05) is 6.61 Å². The monoisotopic (exact) mass is 322 g/mol. The third-order valence-corrected chi connectivity index (χ3v) is 2.92. The van der Waals surface area contributed by atoms with Gasteiger partial charge in [0.2, 0.25) is 0 Å². The van der Waals surface area contributed by atoms with E-state index in [0.29, 0.717) is 6.61 Å². The van der Waals surface area contributed by atoms with Crippen LogP contribution in [-0.4, -0.2) is 30.8 Å². The Hall–Kier alpha value is -1.88. The molecule has 0 aromatic heterocycles. The topological polar surface area (TPSA) is 61.8 Å². The van der Waals surface area contributed by atoms with Crippen LogP contribution in [-0.2, 0) is 30.4 Å². The van der Waals surface area contributed by atoms with Gasteiger partial charge in [-0.05, 0) is 39.7 Å². The predicted octanol–water partition coefficient (Wildman–Crippen LogP) is 3.11. The molecule has 0 fully saturated rings. The van der Waals surface area contributed by atoms with E-state index in [4.69, 9.17) is 14.2 Å². The van der Waals surface area contributed by atoms with Crippen LogP contribution in [0.1, 0.15) is 39.7 Å². The number of hydrogen-bond acceptors (Lipinski definition) is 5. The first-order chi connectivity index (χ1) is 10.8. The van der Waals surface area contributed by atoms with Crippen molar-refractivity contribution < 1.29 is 23.8 Å². The van der Waals surface area contributed by atoms with Crippen molar-refractivity contribution in [3.05, 3.63) is 35.9 Å². The Balaban J connectivity index is 2.52. The van der Waals surface area contributed by atoms with E-state index >= 15 is 0 Å². The van der Waals surface area contributed by atoms with Crippen molar-refractivity contribution in [2.75, 3.05) is 13.2 Å². The minimum absolute atomic E-state index is 0.225. The normalized spacial score (nSPS) is 12.5. The fraction of sp³-hybridized carbons (Fsp3) is 0.556. The van der Waals surface area contributed by atoms with Gasteiger partial charge < -0.3 is 14.2 Å². The lowest BCUT2D eigenvalue weighted by Crippen LogP contribution is -2.34. The van der Waals surface area contributed by atoms with Gasteiger partial charge in [0.05, 0.1) is 13.2 Å². The molecule has 0 heterocycles. The number of carbonyl (C=O) groups excluding carboxylic acids is 2. The average molecular weight is 322 g/mol. The number of esters is 2. The first-order valence-electron chi connectivity index (χ1n) is 7.84. The summed E-state index contributed by atoms with van der Waals surface area (Å²) < 4.78 is 15.8. The Morgan fingerprint density at radius 1 is 1.09 bits per heavy atom. The molecular formula is C18H26O5. The average Bonchev–Trinajstić information content (AvgIpc) is 2.46. The molecule has 1 rings (SSSR count). The fourth-order valence-corrected chi connectivity index (χ4v) is 1.91. The fourth-order valence-electron chi connectivity index (χ4n) is 1.91. The maximum Gasteiger partial charge on any atom is 0.320 e. The Kier molecular flexibility index (Phi) is 7.75. The molecule has 5 heteroatoms. The maximum atomic E-state index is 12.2. The quantitative estimate of drug-likeness (QED) is 0.418. The zero-order valence-corrected chi connectivity index (χ0v) is 14.3. The maximum absolute atomic E-state index is 12.2. The second-order valence-corrected chi connectivity index (χ2v) is 6.16. The standard InChI is InChI=1S/C18H26O5/c1-5-22-16(19)15(17(20)23-18(2,3)4)11-12-21-13-14-9-7-6-8-10-14/h6-10,15H,5,11-13H2,1-4H3. The molecule has 0 N–H and O–H groups in total. The largest absolute Gasteiger partial charge is 0.465 e. The third-order valence-electron chi connectivity index (χ3n) is 2.92. The summed E-state index contributed by atoms with van der Waals surface area (Å²) >= 11 is 0. The minimum Gasteiger partial charge on any atom is -0.465 e. The molecule has 0 aliphatic carbocycles. The van der Waals surface area contributed by atoms with Gasteiger partial charge in [-0.25, -0.2) is 0 Å². The first-order valence-corrected chi connectivity index (χ1v) is 7.84. The van der Waals surface area contributed by atoms with Crippen molar-refractivity contribution >= 4 is 11.9 Å². The van der Waals surface area contributed by atoms with Gasteiger partial charge in [-0.2, -0.15) is 0 Å². The first kappa shape index (κ1) is 19.2. The summed E-state index contributed by atoms with van der Waals surface area (Å²) in [6.45, 7) is 7.93. The Labute approximate surface area is 137 Å². The van der Waals surface area contributed by atoms with Crippen LogP contribution < -0.4 is 0 Å². The van der Waals surface area contributed by atoms with Crippen molar-refractivity contribution in [2.24, 2.45) is 5.92 Å². The van der Waals surface area contributed by atoms with Crippen LogP contribution in [0.3, 0.4) is 0 Å². The predicted molar refractivity (Wildman–Crippen MR) is 86.7 cm³/mol. The van der Waals surface area contributed by atoms with Gasteiger partial charge in [-0.1, -0.05) is 30.3 Å². The molecule has 1 atom stereocenters. The van der Waals surface area contributed by atoms with Gasteiger partial charge in [-0.15, -0.1) is 0 Å². The van der Waals surface area contributed by atoms with E-state index in [1.165, 1.54) is 0 Å². The molecule has 128 valence electrons. The second kappa shape index (κ2) is 9.30. The highest BCUT2D eigenvalue weighted by molar-refractivity contribution is 5.95. The molecule has 1 aromatic carbocycles. The molecule has 0 bridgehead atoms. The van der Waals surface area contributed by atoms with Crippen LogP contribution in [0, 0.1) is 5.92 Å². The van der Waals surface area contributed by atoms with Gasteiger partial charge in [0.25, 0.3) is 0 Å². The molecular weight excluding hydrogens is 296 g/mol. The molecule has 23 heavy (non-hydrogen) atoms. The lowest BCUT2D eigenvalue weighted by molar-refractivity contribution is -0.170. The molecule has 0 saturated heterocycles. The highest BCUT2D eigenvalue weighted by Gasteiger charge is 2.32. The Bertz CT molecular complexity index is 490. The summed E-state index contributed by atoms with van der Waals surface area (Å²) in [6.07, 6.45) is 0.237. The summed E-state index contributed by atoms with van der Waals surface area (Å²) in [6, 6.07) is 9.71. The van der Waals surface area contributed by atoms with Gasteiger partial charge in [-0.3, -0.25) is 9.59 Å². The molecule has 0 amide bonds. The van der Waals surface area contributed by atoms with Crippen molar-refractivity contribution in [3.63, 3.8) is 0 Å². The van der Waals surface area contributed by atoms with Crippen LogP contribution in [0.2, 0.25) is 0 Å². The minimum atomic E-state index is -0.954. The van der Waals surface area contributed by atoms with E-state index in [-0.39, 0.29) is 19.6 Å². The summed E-state index contributed by atoms with van der Waals surface area (Å²) in [5, 5.41) is 0. The molecule has 1 aromatic rings. The van der Waals surface area contributed by atoms with Crippen molar-refractivity contribution in [3.8, 4) is 0 Å².